The predicted octanol–water partition coefficient (Wildman–Crippen LogP) is 1.12. The molecule has 1 heterocycles. The van der Waals surface area contributed by atoms with Gasteiger partial charge in [-0.15, -0.1) is 6.58 Å². The summed E-state index contributed by atoms with van der Waals surface area (Å²) in [5.41, 5.74) is 0.604. The number of aromatic carboxylic acids is 1. The van der Waals surface area contributed by atoms with E-state index >= 15 is 0 Å². The van der Waals surface area contributed by atoms with Crippen LogP contribution in [0.1, 0.15) is 16.2 Å². The molecule has 1 rings (SSSR count). The first kappa shape index (κ1) is 14.1. The van der Waals surface area contributed by atoms with Crippen molar-refractivity contribution in [1.29, 1.82) is 0 Å². The Bertz CT molecular complexity index is 435. The fourth-order valence-electron chi connectivity index (χ4n) is 1.43. The lowest BCUT2D eigenvalue weighted by Crippen LogP contribution is -2.29. The lowest BCUT2D eigenvalue weighted by molar-refractivity contribution is 0.0690. The van der Waals surface area contributed by atoms with E-state index < -0.39 is 5.97 Å². The van der Waals surface area contributed by atoms with Gasteiger partial charge in [0, 0.05) is 25.9 Å². The molecule has 98 valence electrons. The molecular weight excluding hydrogens is 234 g/mol. The van der Waals surface area contributed by atoms with E-state index in [0.717, 1.165) is 0 Å². The quantitative estimate of drug-likeness (QED) is 0.732. The SMILES string of the molecule is C=CCN(CCOC)c1nc(C)cc(C(=O)O)n1. The maximum Gasteiger partial charge on any atom is 0.354 e. The topological polar surface area (TPSA) is 75.5 Å². The molecule has 0 radical (unpaired) electrons. The summed E-state index contributed by atoms with van der Waals surface area (Å²) in [4.78, 5) is 21.0. The van der Waals surface area contributed by atoms with Crippen LogP contribution in [0.15, 0.2) is 18.7 Å². The summed E-state index contributed by atoms with van der Waals surface area (Å²) >= 11 is 0. The number of nitrogens with zero attached hydrogens (tertiary/aromatic N) is 3. The molecule has 0 amide bonds. The number of hydrogen-bond acceptors (Lipinski definition) is 5. The molecule has 0 aliphatic carbocycles. The normalized spacial score (nSPS) is 10.1. The molecule has 0 bridgehead atoms. The number of methoxy groups -OCH3 is 1. The number of carbonyl (C=O) groups is 1. The van der Waals surface area contributed by atoms with E-state index in [1.165, 1.54) is 6.07 Å². The predicted molar refractivity (Wildman–Crippen MR) is 68.0 cm³/mol. The first-order chi connectivity index (χ1) is 8.58. The van der Waals surface area contributed by atoms with Gasteiger partial charge < -0.3 is 14.7 Å². The number of carboxylic acids is 1. The minimum Gasteiger partial charge on any atom is -0.477 e. The molecule has 0 fully saturated rings. The molecule has 0 saturated heterocycles. The Balaban J connectivity index is 3.02. The van der Waals surface area contributed by atoms with Crippen LogP contribution in [-0.4, -0.2) is 47.8 Å². The van der Waals surface area contributed by atoms with Crippen LogP contribution in [-0.2, 0) is 4.74 Å². The van der Waals surface area contributed by atoms with E-state index in [4.69, 9.17) is 9.84 Å². The van der Waals surface area contributed by atoms with E-state index in [0.29, 0.717) is 31.3 Å². The molecule has 0 spiro atoms. The van der Waals surface area contributed by atoms with Crippen molar-refractivity contribution in [2.75, 3.05) is 31.7 Å². The molecule has 0 aromatic carbocycles. The Morgan fingerprint density at radius 1 is 1.61 bits per heavy atom. The molecule has 0 unspecified atom stereocenters. The highest BCUT2D eigenvalue weighted by atomic mass is 16.5. The molecule has 0 saturated carbocycles. The van der Waals surface area contributed by atoms with E-state index in [1.54, 1.807) is 20.1 Å². The minimum atomic E-state index is -1.06. The number of hydrogen-bond donors (Lipinski definition) is 1. The molecule has 18 heavy (non-hydrogen) atoms. The standard InChI is InChI=1S/C12H17N3O3/c1-4-5-15(6-7-18-3)12-13-9(2)8-10(14-12)11(16)17/h4,8H,1,5-7H2,2-3H3,(H,16,17). The van der Waals surface area contributed by atoms with Crippen molar-refractivity contribution in [2.24, 2.45) is 0 Å². The zero-order valence-electron chi connectivity index (χ0n) is 10.6. The summed E-state index contributed by atoms with van der Waals surface area (Å²) in [5, 5.41) is 8.97. The van der Waals surface area contributed by atoms with Gasteiger partial charge in [-0.2, -0.15) is 0 Å². The van der Waals surface area contributed by atoms with Gasteiger partial charge in [0.05, 0.1) is 6.61 Å². The molecule has 1 aromatic heterocycles. The van der Waals surface area contributed by atoms with Crippen LogP contribution in [0, 0.1) is 6.92 Å². The largest absolute Gasteiger partial charge is 0.477 e. The number of rotatable bonds is 7. The third-order valence-electron chi connectivity index (χ3n) is 2.26. The fraction of sp³-hybridized carbons (Fsp3) is 0.417. The Morgan fingerprint density at radius 2 is 2.33 bits per heavy atom. The Labute approximate surface area is 106 Å². The van der Waals surface area contributed by atoms with E-state index in [2.05, 4.69) is 16.5 Å². The van der Waals surface area contributed by atoms with Gasteiger partial charge in [-0.3, -0.25) is 0 Å². The molecule has 1 N–H and O–H groups in total. The third-order valence-corrected chi connectivity index (χ3v) is 2.26. The van der Waals surface area contributed by atoms with E-state index in [1.807, 2.05) is 4.90 Å². The molecular formula is C12H17N3O3. The van der Waals surface area contributed by atoms with Gasteiger partial charge in [0.2, 0.25) is 5.95 Å². The summed E-state index contributed by atoms with van der Waals surface area (Å²) in [6, 6.07) is 1.44. The Morgan fingerprint density at radius 3 is 2.89 bits per heavy atom. The first-order valence-corrected chi connectivity index (χ1v) is 5.52. The maximum absolute atomic E-state index is 10.9. The zero-order chi connectivity index (χ0) is 13.5. The minimum absolute atomic E-state index is 0.0102. The average Bonchev–Trinajstić information content (AvgIpc) is 2.33. The molecule has 6 heteroatoms. The number of ether oxygens (including phenoxy) is 1. The van der Waals surface area contributed by atoms with Crippen molar-refractivity contribution in [3.8, 4) is 0 Å². The fourth-order valence-corrected chi connectivity index (χ4v) is 1.43. The summed E-state index contributed by atoms with van der Waals surface area (Å²) in [5.74, 6) is -0.684. The molecule has 6 nitrogen and oxygen atoms in total. The van der Waals surface area contributed by atoms with Gasteiger partial charge in [0.25, 0.3) is 0 Å². The van der Waals surface area contributed by atoms with Crippen LogP contribution < -0.4 is 4.90 Å². The second-order valence-electron chi connectivity index (χ2n) is 3.73. The van der Waals surface area contributed by atoms with E-state index in [-0.39, 0.29) is 5.69 Å². The highest BCUT2D eigenvalue weighted by Crippen LogP contribution is 2.10. The Hall–Kier alpha value is -1.95. The van der Waals surface area contributed by atoms with Gasteiger partial charge in [0.15, 0.2) is 5.69 Å². The van der Waals surface area contributed by atoms with E-state index in [9.17, 15) is 4.79 Å². The summed E-state index contributed by atoms with van der Waals surface area (Å²) in [7, 11) is 1.60. The van der Waals surface area contributed by atoms with Crippen molar-refractivity contribution in [2.45, 2.75) is 6.92 Å². The Kier molecular flexibility index (Phi) is 5.26. The molecule has 0 atom stereocenters. The van der Waals surface area contributed by atoms with Crippen molar-refractivity contribution >= 4 is 11.9 Å². The number of aromatic nitrogens is 2. The lowest BCUT2D eigenvalue weighted by atomic mass is 10.3. The third kappa shape index (κ3) is 3.81. The smallest absolute Gasteiger partial charge is 0.354 e. The summed E-state index contributed by atoms with van der Waals surface area (Å²) < 4.78 is 5.00. The molecule has 0 aliphatic rings. The lowest BCUT2D eigenvalue weighted by Gasteiger charge is -2.21. The first-order valence-electron chi connectivity index (χ1n) is 5.52. The van der Waals surface area contributed by atoms with Crippen molar-refractivity contribution in [1.82, 2.24) is 9.97 Å². The summed E-state index contributed by atoms with van der Waals surface area (Å²) in [6.45, 7) is 7.01. The monoisotopic (exact) mass is 251 g/mol. The number of anilines is 1. The molecule has 0 aliphatic heterocycles. The van der Waals surface area contributed by atoms with Crippen LogP contribution in [0.2, 0.25) is 0 Å². The second-order valence-corrected chi connectivity index (χ2v) is 3.73. The average molecular weight is 251 g/mol. The van der Waals surface area contributed by atoms with Crippen LogP contribution in [0.3, 0.4) is 0 Å². The maximum atomic E-state index is 10.9. The van der Waals surface area contributed by atoms with Crippen LogP contribution in [0.5, 0.6) is 0 Å². The van der Waals surface area contributed by atoms with Gasteiger partial charge in [-0.1, -0.05) is 6.08 Å². The van der Waals surface area contributed by atoms with Crippen molar-refractivity contribution in [3.05, 3.63) is 30.1 Å². The highest BCUT2D eigenvalue weighted by molar-refractivity contribution is 5.85. The van der Waals surface area contributed by atoms with Crippen LogP contribution in [0.4, 0.5) is 5.95 Å². The number of aryl methyl sites for hydroxylation is 1. The van der Waals surface area contributed by atoms with Crippen molar-refractivity contribution < 1.29 is 14.6 Å². The molecule has 1 aromatic rings. The van der Waals surface area contributed by atoms with Crippen LogP contribution >= 0.6 is 0 Å². The zero-order valence-corrected chi connectivity index (χ0v) is 10.6. The van der Waals surface area contributed by atoms with Gasteiger partial charge in [0.1, 0.15) is 0 Å². The highest BCUT2D eigenvalue weighted by Gasteiger charge is 2.13. The number of carboxylic acid groups (broad SMARTS) is 1. The van der Waals surface area contributed by atoms with Gasteiger partial charge in [-0.05, 0) is 13.0 Å². The van der Waals surface area contributed by atoms with Crippen LogP contribution in [0.25, 0.3) is 0 Å². The van der Waals surface area contributed by atoms with Gasteiger partial charge in [-0.25, -0.2) is 14.8 Å². The second kappa shape index (κ2) is 6.70. The van der Waals surface area contributed by atoms with Gasteiger partial charge >= 0.3 is 5.97 Å². The van der Waals surface area contributed by atoms with Crippen molar-refractivity contribution in [3.63, 3.8) is 0 Å². The summed E-state index contributed by atoms with van der Waals surface area (Å²) in [6.07, 6.45) is 1.71.